The molecule has 120 valence electrons. The maximum Gasteiger partial charge on any atom is 0.0384 e. The third kappa shape index (κ3) is 3.17. The van der Waals surface area contributed by atoms with Crippen LogP contribution in [0.1, 0.15) is 5.56 Å². The summed E-state index contributed by atoms with van der Waals surface area (Å²) in [6, 6.07) is 31.8. The van der Waals surface area contributed by atoms with Crippen molar-refractivity contribution in [2.75, 3.05) is 5.32 Å². The summed E-state index contributed by atoms with van der Waals surface area (Å²) >= 11 is 0. The van der Waals surface area contributed by atoms with Crippen LogP contribution < -0.4 is 5.32 Å². The molecule has 0 aliphatic carbocycles. The standard InChI is InChI=1S/C24H19N/c1-2-18-10-14-21(15-11-18)25-22-16-12-20(13-17-22)24-9-5-7-19-6-3-4-8-23(19)24/h2-17,25H,1H2. The van der Waals surface area contributed by atoms with Crippen molar-refractivity contribution in [1.82, 2.24) is 0 Å². The van der Waals surface area contributed by atoms with Gasteiger partial charge in [0.25, 0.3) is 0 Å². The Morgan fingerprint density at radius 3 is 2.00 bits per heavy atom. The molecule has 0 amide bonds. The minimum Gasteiger partial charge on any atom is -0.356 e. The van der Waals surface area contributed by atoms with Gasteiger partial charge in [-0.05, 0) is 51.7 Å². The van der Waals surface area contributed by atoms with E-state index >= 15 is 0 Å². The lowest BCUT2D eigenvalue weighted by Gasteiger charge is -2.10. The van der Waals surface area contributed by atoms with E-state index in [2.05, 4.69) is 103 Å². The molecule has 4 rings (SSSR count). The highest BCUT2D eigenvalue weighted by Gasteiger charge is 2.03. The van der Waals surface area contributed by atoms with E-state index < -0.39 is 0 Å². The van der Waals surface area contributed by atoms with Crippen LogP contribution in [0.5, 0.6) is 0 Å². The third-order valence-electron chi connectivity index (χ3n) is 4.42. The number of anilines is 2. The number of hydrogen-bond acceptors (Lipinski definition) is 1. The molecule has 0 saturated heterocycles. The quantitative estimate of drug-likeness (QED) is 0.431. The zero-order valence-electron chi connectivity index (χ0n) is 13.9. The molecular formula is C24H19N. The number of fused-ring (bicyclic) bond motifs is 1. The highest BCUT2D eigenvalue weighted by atomic mass is 14.9. The molecule has 4 aromatic rings. The fourth-order valence-electron chi connectivity index (χ4n) is 3.08. The topological polar surface area (TPSA) is 12.0 Å². The highest BCUT2D eigenvalue weighted by molar-refractivity contribution is 5.96. The van der Waals surface area contributed by atoms with E-state index in [1.807, 2.05) is 6.08 Å². The Hall–Kier alpha value is -3.32. The van der Waals surface area contributed by atoms with Gasteiger partial charge in [-0.2, -0.15) is 0 Å². The normalized spacial score (nSPS) is 10.6. The second-order valence-corrected chi connectivity index (χ2v) is 6.06. The summed E-state index contributed by atoms with van der Waals surface area (Å²) < 4.78 is 0. The summed E-state index contributed by atoms with van der Waals surface area (Å²) in [6.07, 6.45) is 1.85. The summed E-state index contributed by atoms with van der Waals surface area (Å²) in [6.45, 7) is 3.78. The van der Waals surface area contributed by atoms with Crippen molar-refractivity contribution in [3.8, 4) is 11.1 Å². The third-order valence-corrected chi connectivity index (χ3v) is 4.42. The van der Waals surface area contributed by atoms with E-state index in [-0.39, 0.29) is 0 Å². The van der Waals surface area contributed by atoms with Crippen LogP contribution in [0, 0.1) is 0 Å². The van der Waals surface area contributed by atoms with Gasteiger partial charge in [-0.1, -0.05) is 79.4 Å². The summed E-state index contributed by atoms with van der Waals surface area (Å²) in [7, 11) is 0. The van der Waals surface area contributed by atoms with Gasteiger partial charge in [0.15, 0.2) is 0 Å². The first-order chi connectivity index (χ1) is 12.3. The summed E-state index contributed by atoms with van der Waals surface area (Å²) in [5.74, 6) is 0. The summed E-state index contributed by atoms with van der Waals surface area (Å²) in [5.41, 5.74) is 5.76. The van der Waals surface area contributed by atoms with E-state index in [1.165, 1.54) is 21.9 Å². The molecule has 4 aromatic carbocycles. The Morgan fingerprint density at radius 1 is 0.640 bits per heavy atom. The molecule has 25 heavy (non-hydrogen) atoms. The molecule has 0 spiro atoms. The highest BCUT2D eigenvalue weighted by Crippen LogP contribution is 2.29. The van der Waals surface area contributed by atoms with Gasteiger partial charge in [0.2, 0.25) is 0 Å². The van der Waals surface area contributed by atoms with Crippen molar-refractivity contribution in [3.63, 3.8) is 0 Å². The molecule has 0 aliphatic heterocycles. The fraction of sp³-hybridized carbons (Fsp3) is 0. The predicted octanol–water partition coefficient (Wildman–Crippen LogP) is 6.89. The molecule has 0 heterocycles. The maximum atomic E-state index is 3.78. The zero-order chi connectivity index (χ0) is 17.1. The van der Waals surface area contributed by atoms with Gasteiger partial charge in [0.05, 0.1) is 0 Å². The molecule has 0 aliphatic rings. The van der Waals surface area contributed by atoms with E-state index in [9.17, 15) is 0 Å². The van der Waals surface area contributed by atoms with Crippen LogP contribution in [0.4, 0.5) is 11.4 Å². The van der Waals surface area contributed by atoms with Gasteiger partial charge in [0, 0.05) is 11.4 Å². The van der Waals surface area contributed by atoms with Crippen LogP contribution in [0.3, 0.4) is 0 Å². The molecule has 0 atom stereocenters. The summed E-state index contributed by atoms with van der Waals surface area (Å²) in [4.78, 5) is 0. The molecule has 1 heteroatoms. The molecule has 0 radical (unpaired) electrons. The Kier molecular flexibility index (Phi) is 4.05. The van der Waals surface area contributed by atoms with Crippen molar-refractivity contribution in [2.24, 2.45) is 0 Å². The minimum atomic E-state index is 1.07. The maximum absolute atomic E-state index is 3.78. The van der Waals surface area contributed by atoms with Crippen molar-refractivity contribution >= 4 is 28.2 Å². The second-order valence-electron chi connectivity index (χ2n) is 6.06. The number of rotatable bonds is 4. The average Bonchev–Trinajstić information content (AvgIpc) is 2.69. The second kappa shape index (κ2) is 6.66. The molecule has 0 fully saturated rings. The number of benzene rings is 4. The van der Waals surface area contributed by atoms with Crippen LogP contribution in [-0.2, 0) is 0 Å². The number of hydrogen-bond donors (Lipinski definition) is 1. The average molecular weight is 321 g/mol. The van der Waals surface area contributed by atoms with E-state index in [1.54, 1.807) is 0 Å². The Balaban J connectivity index is 1.62. The van der Waals surface area contributed by atoms with E-state index in [0.29, 0.717) is 0 Å². The van der Waals surface area contributed by atoms with E-state index in [4.69, 9.17) is 0 Å². The van der Waals surface area contributed by atoms with Gasteiger partial charge < -0.3 is 5.32 Å². The first-order valence-corrected chi connectivity index (χ1v) is 8.41. The van der Waals surface area contributed by atoms with Crippen LogP contribution in [0.15, 0.2) is 97.6 Å². The van der Waals surface area contributed by atoms with Gasteiger partial charge >= 0.3 is 0 Å². The Morgan fingerprint density at radius 2 is 1.28 bits per heavy atom. The van der Waals surface area contributed by atoms with Crippen molar-refractivity contribution in [2.45, 2.75) is 0 Å². The molecule has 1 N–H and O–H groups in total. The first-order valence-electron chi connectivity index (χ1n) is 8.41. The van der Waals surface area contributed by atoms with Crippen molar-refractivity contribution < 1.29 is 0 Å². The van der Waals surface area contributed by atoms with Gasteiger partial charge in [0.1, 0.15) is 0 Å². The van der Waals surface area contributed by atoms with Crippen molar-refractivity contribution in [3.05, 3.63) is 103 Å². The molecule has 0 bridgehead atoms. The monoisotopic (exact) mass is 321 g/mol. The first kappa shape index (κ1) is 15.2. The molecule has 1 nitrogen and oxygen atoms in total. The Labute approximate surface area is 148 Å². The molecule has 0 saturated carbocycles. The van der Waals surface area contributed by atoms with Crippen LogP contribution in [0.2, 0.25) is 0 Å². The zero-order valence-corrected chi connectivity index (χ0v) is 13.9. The Bertz CT molecular complexity index is 1010. The van der Waals surface area contributed by atoms with E-state index in [0.717, 1.165) is 16.9 Å². The van der Waals surface area contributed by atoms with Crippen LogP contribution >= 0.6 is 0 Å². The predicted molar refractivity (Wildman–Crippen MR) is 109 cm³/mol. The van der Waals surface area contributed by atoms with Gasteiger partial charge in [-0.3, -0.25) is 0 Å². The fourth-order valence-corrected chi connectivity index (χ4v) is 3.08. The SMILES string of the molecule is C=Cc1ccc(Nc2ccc(-c3cccc4ccccc34)cc2)cc1. The van der Waals surface area contributed by atoms with Gasteiger partial charge in [-0.15, -0.1) is 0 Å². The molecular weight excluding hydrogens is 302 g/mol. The lowest BCUT2D eigenvalue weighted by atomic mass is 9.98. The lowest BCUT2D eigenvalue weighted by molar-refractivity contribution is 1.54. The largest absolute Gasteiger partial charge is 0.356 e. The summed E-state index contributed by atoms with van der Waals surface area (Å²) in [5, 5.41) is 5.99. The number of nitrogens with one attached hydrogen (secondary N) is 1. The van der Waals surface area contributed by atoms with Crippen LogP contribution in [0.25, 0.3) is 28.0 Å². The minimum absolute atomic E-state index is 1.07. The van der Waals surface area contributed by atoms with Gasteiger partial charge in [-0.25, -0.2) is 0 Å². The van der Waals surface area contributed by atoms with Crippen LogP contribution in [-0.4, -0.2) is 0 Å². The molecule has 0 aromatic heterocycles. The molecule has 0 unspecified atom stereocenters. The van der Waals surface area contributed by atoms with Crippen molar-refractivity contribution in [1.29, 1.82) is 0 Å². The lowest BCUT2D eigenvalue weighted by Crippen LogP contribution is -1.90. The smallest absolute Gasteiger partial charge is 0.0384 e.